The van der Waals surface area contributed by atoms with Gasteiger partial charge in [-0.2, -0.15) is 0 Å². The number of aromatic amines is 1. The number of nitrogens with one attached hydrogen (secondary N) is 1. The van der Waals surface area contributed by atoms with E-state index in [1.165, 1.54) is 18.3 Å². The second-order valence-electron chi connectivity index (χ2n) is 3.14. The van der Waals surface area contributed by atoms with E-state index in [0.717, 1.165) is 11.8 Å². The number of nitrogen functional groups attached to an aromatic ring is 1. The van der Waals surface area contributed by atoms with Crippen LogP contribution in [0.25, 0.3) is 0 Å². The van der Waals surface area contributed by atoms with Crippen molar-refractivity contribution in [1.29, 1.82) is 0 Å². The van der Waals surface area contributed by atoms with Crippen molar-refractivity contribution in [2.45, 2.75) is 9.79 Å². The third-order valence-electron chi connectivity index (χ3n) is 1.90. The van der Waals surface area contributed by atoms with Gasteiger partial charge in [0.05, 0.1) is 11.1 Å². The average Bonchev–Trinajstić information content (AvgIpc) is 2.25. The highest BCUT2D eigenvalue weighted by molar-refractivity contribution is 7.99. The highest BCUT2D eigenvalue weighted by Crippen LogP contribution is 2.28. The molecule has 0 unspecified atom stereocenters. The van der Waals surface area contributed by atoms with Crippen LogP contribution < -0.4 is 11.3 Å². The summed E-state index contributed by atoms with van der Waals surface area (Å²) in [5.41, 5.74) is 4.90. The van der Waals surface area contributed by atoms with Gasteiger partial charge in [0.2, 0.25) is 0 Å². The lowest BCUT2D eigenvalue weighted by molar-refractivity contribution is 0.602. The summed E-state index contributed by atoms with van der Waals surface area (Å²) in [5, 5.41) is 0.302. The molecule has 0 aliphatic rings. The maximum Gasteiger partial charge on any atom is 0.266 e. The van der Waals surface area contributed by atoms with Crippen LogP contribution in [0.2, 0.25) is 5.02 Å². The first-order valence-electron chi connectivity index (χ1n) is 4.54. The molecule has 0 aliphatic heterocycles. The zero-order valence-electron chi connectivity index (χ0n) is 8.41. The number of benzene rings is 1. The molecule has 0 saturated heterocycles. The third-order valence-corrected chi connectivity index (χ3v) is 3.20. The number of nitrogens with two attached hydrogens (primary N) is 1. The summed E-state index contributed by atoms with van der Waals surface area (Å²) < 4.78 is 13.5. The van der Waals surface area contributed by atoms with Crippen LogP contribution in [0.1, 0.15) is 0 Å². The number of anilines is 1. The summed E-state index contributed by atoms with van der Waals surface area (Å²) in [6.07, 6.45) is 1.30. The van der Waals surface area contributed by atoms with E-state index >= 15 is 0 Å². The van der Waals surface area contributed by atoms with Crippen molar-refractivity contribution in [3.05, 3.63) is 45.6 Å². The van der Waals surface area contributed by atoms with Gasteiger partial charge in [0.25, 0.3) is 5.56 Å². The van der Waals surface area contributed by atoms with E-state index in [9.17, 15) is 9.18 Å². The third kappa shape index (κ3) is 2.78. The fourth-order valence-corrected chi connectivity index (χ4v) is 2.08. The summed E-state index contributed by atoms with van der Waals surface area (Å²) in [5.74, 6) is -0.463. The maximum atomic E-state index is 13.5. The molecule has 4 nitrogen and oxygen atoms in total. The van der Waals surface area contributed by atoms with E-state index in [-0.39, 0.29) is 10.8 Å². The van der Waals surface area contributed by atoms with Crippen LogP contribution in [0.5, 0.6) is 0 Å². The van der Waals surface area contributed by atoms with Crippen LogP contribution >= 0.6 is 23.4 Å². The van der Waals surface area contributed by atoms with Crippen molar-refractivity contribution in [2.24, 2.45) is 0 Å². The molecule has 17 heavy (non-hydrogen) atoms. The monoisotopic (exact) mass is 271 g/mol. The number of aromatic nitrogens is 2. The number of nitrogens with zero attached hydrogens (tertiary/aromatic N) is 1. The molecule has 0 radical (unpaired) electrons. The predicted molar refractivity (Wildman–Crippen MR) is 64.8 cm³/mol. The first-order chi connectivity index (χ1) is 8.06. The second kappa shape index (κ2) is 4.77. The van der Waals surface area contributed by atoms with E-state index < -0.39 is 11.4 Å². The minimum atomic E-state index is -0.487. The summed E-state index contributed by atoms with van der Waals surface area (Å²) in [6.45, 7) is 0. The van der Waals surface area contributed by atoms with Crippen LogP contribution in [0.15, 0.2) is 39.0 Å². The Labute approximate surface area is 105 Å². The molecule has 1 aromatic carbocycles. The molecule has 2 rings (SSSR count). The summed E-state index contributed by atoms with van der Waals surface area (Å²) in [4.78, 5) is 18.1. The van der Waals surface area contributed by atoms with Crippen LogP contribution in [0, 0.1) is 5.82 Å². The van der Waals surface area contributed by atoms with Gasteiger partial charge in [-0.05, 0) is 18.2 Å². The first kappa shape index (κ1) is 11.9. The lowest BCUT2D eigenvalue weighted by Crippen LogP contribution is -2.12. The number of hydrogen-bond donors (Lipinski definition) is 2. The topological polar surface area (TPSA) is 71.8 Å². The van der Waals surface area contributed by atoms with E-state index in [2.05, 4.69) is 9.97 Å². The van der Waals surface area contributed by atoms with E-state index in [1.807, 2.05) is 0 Å². The second-order valence-corrected chi connectivity index (χ2v) is 4.66. The Bertz CT molecular complexity index is 617. The Hall–Kier alpha value is -1.53. The largest absolute Gasteiger partial charge is 0.369 e. The highest BCUT2D eigenvalue weighted by atomic mass is 35.5. The van der Waals surface area contributed by atoms with E-state index in [4.69, 9.17) is 17.3 Å². The molecule has 1 heterocycles. The van der Waals surface area contributed by atoms with Gasteiger partial charge < -0.3 is 5.73 Å². The molecule has 0 bridgehead atoms. The van der Waals surface area contributed by atoms with E-state index in [0.29, 0.717) is 9.92 Å². The van der Waals surface area contributed by atoms with Crippen molar-refractivity contribution in [3.8, 4) is 0 Å². The van der Waals surface area contributed by atoms with Gasteiger partial charge in [-0.1, -0.05) is 23.4 Å². The molecule has 0 atom stereocenters. The molecule has 1 aromatic heterocycles. The molecule has 88 valence electrons. The Morgan fingerprint density at radius 2 is 2.18 bits per heavy atom. The molecule has 0 aliphatic carbocycles. The highest BCUT2D eigenvalue weighted by Gasteiger charge is 2.08. The molecule has 3 N–H and O–H groups in total. The molecular weight excluding hydrogens is 265 g/mol. The normalized spacial score (nSPS) is 10.5. The van der Waals surface area contributed by atoms with Crippen molar-refractivity contribution in [1.82, 2.24) is 9.97 Å². The minimum absolute atomic E-state index is 0.0240. The zero-order valence-corrected chi connectivity index (χ0v) is 9.98. The van der Waals surface area contributed by atoms with Gasteiger partial charge in [-0.25, -0.2) is 9.37 Å². The van der Waals surface area contributed by atoms with Crippen LogP contribution in [-0.4, -0.2) is 9.97 Å². The Morgan fingerprint density at radius 1 is 1.41 bits per heavy atom. The minimum Gasteiger partial charge on any atom is -0.369 e. The van der Waals surface area contributed by atoms with Crippen molar-refractivity contribution in [3.63, 3.8) is 0 Å². The fraction of sp³-hybridized carbons (Fsp3) is 0. The van der Waals surface area contributed by atoms with E-state index in [1.54, 1.807) is 6.07 Å². The fourth-order valence-electron chi connectivity index (χ4n) is 1.15. The molecule has 2 aromatic rings. The Kier molecular flexibility index (Phi) is 3.35. The van der Waals surface area contributed by atoms with Gasteiger partial charge in [0.15, 0.2) is 5.95 Å². The molecule has 0 amide bonds. The number of rotatable bonds is 2. The van der Waals surface area contributed by atoms with Crippen molar-refractivity contribution in [2.75, 3.05) is 5.73 Å². The van der Waals surface area contributed by atoms with Crippen LogP contribution in [0.3, 0.4) is 0 Å². The molecule has 7 heteroatoms. The smallest absolute Gasteiger partial charge is 0.266 e. The zero-order chi connectivity index (χ0) is 12.4. The average molecular weight is 272 g/mol. The van der Waals surface area contributed by atoms with Gasteiger partial charge >= 0.3 is 0 Å². The maximum absolute atomic E-state index is 13.5. The number of halogens is 2. The van der Waals surface area contributed by atoms with Crippen molar-refractivity contribution < 1.29 is 4.39 Å². The Morgan fingerprint density at radius 3 is 2.82 bits per heavy atom. The SMILES string of the molecule is Nc1ncc(Sc2ccc(Cl)cc2F)c(=O)[nH]1. The number of hydrogen-bond acceptors (Lipinski definition) is 4. The lowest BCUT2D eigenvalue weighted by atomic mass is 10.3. The number of H-pyrrole nitrogens is 1. The predicted octanol–water partition coefficient (Wildman–Crippen LogP) is 2.30. The van der Waals surface area contributed by atoms with Crippen LogP contribution in [-0.2, 0) is 0 Å². The van der Waals surface area contributed by atoms with Gasteiger partial charge in [0.1, 0.15) is 5.82 Å². The standard InChI is InChI=1S/C10H7ClFN3OS/c11-5-1-2-7(6(12)3-5)17-8-4-14-10(13)15-9(8)16/h1-4H,(H3,13,14,15,16). The lowest BCUT2D eigenvalue weighted by Gasteiger charge is -2.02. The molecule has 0 saturated carbocycles. The molecule has 0 fully saturated rings. The quantitative estimate of drug-likeness (QED) is 0.879. The molecular formula is C10H7ClFN3OS. The summed E-state index contributed by atoms with van der Waals surface area (Å²) in [7, 11) is 0. The van der Waals surface area contributed by atoms with Crippen molar-refractivity contribution >= 4 is 29.3 Å². The van der Waals surface area contributed by atoms with Gasteiger partial charge in [-0.15, -0.1) is 0 Å². The van der Waals surface area contributed by atoms with Gasteiger partial charge in [0, 0.05) is 9.92 Å². The Balaban J connectivity index is 2.35. The molecule has 0 spiro atoms. The summed E-state index contributed by atoms with van der Waals surface area (Å²) >= 11 is 6.59. The first-order valence-corrected chi connectivity index (χ1v) is 5.73. The van der Waals surface area contributed by atoms with Gasteiger partial charge in [-0.3, -0.25) is 9.78 Å². The summed E-state index contributed by atoms with van der Waals surface area (Å²) in [6, 6.07) is 4.23. The van der Waals surface area contributed by atoms with Crippen LogP contribution in [0.4, 0.5) is 10.3 Å².